The second-order valence-corrected chi connectivity index (χ2v) is 6.44. The smallest absolute Gasteiger partial charge is 0.253 e. The number of carbonyl (C=O) groups excluding carboxylic acids is 3. The van der Waals surface area contributed by atoms with Crippen LogP contribution in [0.25, 0.3) is 0 Å². The lowest BCUT2D eigenvalue weighted by atomic mass is 9.98. The molecule has 7 nitrogen and oxygen atoms in total. The summed E-state index contributed by atoms with van der Waals surface area (Å²) in [4.78, 5) is 40.8. The van der Waals surface area contributed by atoms with Gasteiger partial charge in [0, 0.05) is 12.4 Å². The fourth-order valence-corrected chi connectivity index (χ4v) is 2.45. The van der Waals surface area contributed by atoms with Gasteiger partial charge in [-0.1, -0.05) is 38.5 Å². The summed E-state index contributed by atoms with van der Waals surface area (Å²) in [6.07, 6.45) is 3.70. The van der Waals surface area contributed by atoms with E-state index in [9.17, 15) is 14.4 Å². The lowest BCUT2D eigenvalue weighted by molar-refractivity contribution is -0.127. The highest BCUT2D eigenvalue weighted by molar-refractivity contribution is 5.98. The standard InChI is InChI=1S/C21H25N3O4/c1-3-15(2)19(24-20(26)16-8-7-11-22-12-16)21(27)23-13-17(25)14-28-18-9-5-4-6-10-18/h4-12,15,19H,3,13-14H2,1-2H3,(H,23,27)(H,24,26). The molecule has 7 heteroatoms. The van der Waals surface area contributed by atoms with E-state index in [-0.39, 0.29) is 30.8 Å². The zero-order valence-corrected chi connectivity index (χ0v) is 16.1. The van der Waals surface area contributed by atoms with Gasteiger partial charge >= 0.3 is 0 Å². The third-order valence-corrected chi connectivity index (χ3v) is 4.31. The number of nitrogens with zero attached hydrogens (tertiary/aromatic N) is 1. The van der Waals surface area contributed by atoms with E-state index >= 15 is 0 Å². The lowest BCUT2D eigenvalue weighted by Crippen LogP contribution is -2.51. The van der Waals surface area contributed by atoms with Crippen molar-refractivity contribution >= 4 is 17.6 Å². The Labute approximate surface area is 164 Å². The number of pyridine rings is 1. The molecule has 148 valence electrons. The first-order chi connectivity index (χ1) is 13.5. The maximum absolute atomic E-state index is 12.6. The molecule has 2 N–H and O–H groups in total. The predicted octanol–water partition coefficient (Wildman–Crippen LogP) is 1.99. The minimum Gasteiger partial charge on any atom is -0.486 e. The Balaban J connectivity index is 1.88. The Kier molecular flexibility index (Phi) is 8.14. The molecule has 1 aromatic carbocycles. The quantitative estimate of drug-likeness (QED) is 0.654. The van der Waals surface area contributed by atoms with E-state index in [0.717, 1.165) is 0 Å². The van der Waals surface area contributed by atoms with Gasteiger partial charge in [-0.2, -0.15) is 0 Å². The van der Waals surface area contributed by atoms with Crippen molar-refractivity contribution in [3.05, 3.63) is 60.4 Å². The number of nitrogens with one attached hydrogen (secondary N) is 2. The van der Waals surface area contributed by atoms with E-state index in [1.807, 2.05) is 32.0 Å². The number of ether oxygens (including phenoxy) is 1. The minimum absolute atomic E-state index is 0.101. The molecule has 0 aliphatic carbocycles. The monoisotopic (exact) mass is 383 g/mol. The second kappa shape index (κ2) is 10.8. The summed E-state index contributed by atoms with van der Waals surface area (Å²) >= 11 is 0. The van der Waals surface area contributed by atoms with E-state index < -0.39 is 11.9 Å². The topological polar surface area (TPSA) is 97.4 Å². The molecule has 2 unspecified atom stereocenters. The van der Waals surface area contributed by atoms with Crippen LogP contribution in [0.3, 0.4) is 0 Å². The maximum atomic E-state index is 12.6. The van der Waals surface area contributed by atoms with Crippen LogP contribution in [-0.4, -0.2) is 41.8 Å². The number of aromatic nitrogens is 1. The zero-order chi connectivity index (χ0) is 20.4. The molecule has 2 atom stereocenters. The first-order valence-electron chi connectivity index (χ1n) is 9.19. The number of benzene rings is 1. The van der Waals surface area contributed by atoms with Crippen molar-refractivity contribution < 1.29 is 19.1 Å². The average Bonchev–Trinajstić information content (AvgIpc) is 2.75. The second-order valence-electron chi connectivity index (χ2n) is 6.44. The number of para-hydroxylation sites is 1. The molecular weight excluding hydrogens is 358 g/mol. The molecule has 0 bridgehead atoms. The van der Waals surface area contributed by atoms with Gasteiger partial charge in [-0.25, -0.2) is 0 Å². The van der Waals surface area contributed by atoms with E-state index in [1.165, 1.54) is 6.20 Å². The Morgan fingerprint density at radius 3 is 2.50 bits per heavy atom. The maximum Gasteiger partial charge on any atom is 0.253 e. The highest BCUT2D eigenvalue weighted by Crippen LogP contribution is 2.10. The van der Waals surface area contributed by atoms with Gasteiger partial charge in [-0.05, 0) is 30.2 Å². The highest BCUT2D eigenvalue weighted by Gasteiger charge is 2.26. The number of Topliss-reactive ketones (excluding diaryl/α,β-unsaturated/α-hetero) is 1. The molecule has 2 aromatic rings. The molecule has 0 spiro atoms. The van der Waals surface area contributed by atoms with Crippen LogP contribution in [0.2, 0.25) is 0 Å². The first-order valence-corrected chi connectivity index (χ1v) is 9.19. The van der Waals surface area contributed by atoms with Crippen LogP contribution in [0, 0.1) is 5.92 Å². The molecule has 28 heavy (non-hydrogen) atoms. The Bertz CT molecular complexity index is 781. The Morgan fingerprint density at radius 1 is 1.11 bits per heavy atom. The van der Waals surface area contributed by atoms with Gasteiger partial charge in [0.1, 0.15) is 18.4 Å². The molecule has 0 aliphatic heterocycles. The van der Waals surface area contributed by atoms with Gasteiger partial charge in [-0.15, -0.1) is 0 Å². The van der Waals surface area contributed by atoms with Crippen molar-refractivity contribution in [2.45, 2.75) is 26.3 Å². The fraction of sp³-hybridized carbons (Fsp3) is 0.333. The Morgan fingerprint density at radius 2 is 1.86 bits per heavy atom. The molecule has 2 amide bonds. The molecule has 0 aliphatic rings. The van der Waals surface area contributed by atoms with E-state index in [2.05, 4.69) is 15.6 Å². The van der Waals surface area contributed by atoms with Gasteiger partial charge in [0.25, 0.3) is 5.91 Å². The van der Waals surface area contributed by atoms with Crippen molar-refractivity contribution in [3.8, 4) is 5.75 Å². The van der Waals surface area contributed by atoms with Crippen molar-refractivity contribution in [1.29, 1.82) is 0 Å². The predicted molar refractivity (Wildman–Crippen MR) is 105 cm³/mol. The molecule has 0 saturated carbocycles. The van der Waals surface area contributed by atoms with Gasteiger partial charge in [0.2, 0.25) is 5.91 Å². The van der Waals surface area contributed by atoms with Crippen molar-refractivity contribution in [1.82, 2.24) is 15.6 Å². The summed E-state index contributed by atoms with van der Waals surface area (Å²) in [7, 11) is 0. The largest absolute Gasteiger partial charge is 0.486 e. The van der Waals surface area contributed by atoms with Gasteiger partial charge < -0.3 is 15.4 Å². The molecule has 0 saturated heterocycles. The number of hydrogen-bond acceptors (Lipinski definition) is 5. The number of hydrogen-bond donors (Lipinski definition) is 2. The summed E-state index contributed by atoms with van der Waals surface area (Å²) in [5.74, 6) is -0.565. The van der Waals surface area contributed by atoms with Crippen LogP contribution in [0.5, 0.6) is 5.75 Å². The normalized spacial score (nSPS) is 12.5. The van der Waals surface area contributed by atoms with Gasteiger partial charge in [0.05, 0.1) is 12.1 Å². The zero-order valence-electron chi connectivity index (χ0n) is 16.1. The Hall–Kier alpha value is -3.22. The van der Waals surface area contributed by atoms with Crippen LogP contribution < -0.4 is 15.4 Å². The fourth-order valence-electron chi connectivity index (χ4n) is 2.45. The average molecular weight is 383 g/mol. The summed E-state index contributed by atoms with van der Waals surface area (Å²) in [6, 6.07) is 11.5. The van der Waals surface area contributed by atoms with E-state index in [0.29, 0.717) is 17.7 Å². The number of ketones is 1. The summed E-state index contributed by atoms with van der Waals surface area (Å²) in [5, 5.41) is 5.32. The van der Waals surface area contributed by atoms with Gasteiger partial charge in [-0.3, -0.25) is 19.4 Å². The molecule has 0 fully saturated rings. The van der Waals surface area contributed by atoms with Crippen molar-refractivity contribution in [2.24, 2.45) is 5.92 Å². The third kappa shape index (κ3) is 6.50. The van der Waals surface area contributed by atoms with Gasteiger partial charge in [0.15, 0.2) is 5.78 Å². The van der Waals surface area contributed by atoms with Crippen LogP contribution >= 0.6 is 0 Å². The molecule has 1 heterocycles. The molecule has 0 radical (unpaired) electrons. The SMILES string of the molecule is CCC(C)C(NC(=O)c1cccnc1)C(=O)NCC(=O)COc1ccccc1. The lowest BCUT2D eigenvalue weighted by Gasteiger charge is -2.23. The number of amides is 2. The molecular formula is C21H25N3O4. The summed E-state index contributed by atoms with van der Waals surface area (Å²) in [6.45, 7) is 3.50. The van der Waals surface area contributed by atoms with Crippen LogP contribution in [-0.2, 0) is 9.59 Å². The van der Waals surface area contributed by atoms with E-state index in [4.69, 9.17) is 4.74 Å². The third-order valence-electron chi connectivity index (χ3n) is 4.31. The number of rotatable bonds is 10. The summed E-state index contributed by atoms with van der Waals surface area (Å²) < 4.78 is 5.37. The van der Waals surface area contributed by atoms with Crippen molar-refractivity contribution in [3.63, 3.8) is 0 Å². The molecule has 2 rings (SSSR count). The summed E-state index contributed by atoms with van der Waals surface area (Å²) in [5.41, 5.74) is 0.371. The minimum atomic E-state index is -0.749. The van der Waals surface area contributed by atoms with Crippen LogP contribution in [0.15, 0.2) is 54.9 Å². The van der Waals surface area contributed by atoms with Crippen LogP contribution in [0.1, 0.15) is 30.6 Å². The van der Waals surface area contributed by atoms with Crippen LogP contribution in [0.4, 0.5) is 0 Å². The number of carbonyl (C=O) groups is 3. The first kappa shape index (κ1) is 21.1. The molecule has 1 aromatic heterocycles. The highest BCUT2D eigenvalue weighted by atomic mass is 16.5. The van der Waals surface area contributed by atoms with E-state index in [1.54, 1.807) is 30.5 Å². The van der Waals surface area contributed by atoms with Crippen molar-refractivity contribution in [2.75, 3.05) is 13.2 Å².